The molecule has 0 saturated heterocycles. The maximum absolute atomic E-state index is 13.0. The number of rotatable bonds is 16. The normalized spacial score (nSPS) is 14.9. The molecule has 214 valence electrons. The molecule has 2 aromatic rings. The minimum atomic E-state index is -2.31. The van der Waals surface area contributed by atoms with Gasteiger partial charge >= 0.3 is 17.7 Å². The fourth-order valence-corrected chi connectivity index (χ4v) is 4.12. The van der Waals surface area contributed by atoms with Crippen LogP contribution in [0.5, 0.6) is 17.2 Å². The van der Waals surface area contributed by atoms with E-state index in [-0.39, 0.29) is 30.8 Å². The smallest absolute Gasteiger partial charge is 0.453 e. The van der Waals surface area contributed by atoms with Gasteiger partial charge in [-0.05, 0) is 61.1 Å². The van der Waals surface area contributed by atoms with Crippen molar-refractivity contribution in [2.24, 2.45) is 0 Å². The second kappa shape index (κ2) is 14.7. The average molecular weight is 544 g/mol. The lowest BCUT2D eigenvalue weighted by atomic mass is 10.0. The maximum atomic E-state index is 13.0. The molecule has 1 aliphatic heterocycles. The van der Waals surface area contributed by atoms with Crippen LogP contribution in [0.3, 0.4) is 0 Å². The fourth-order valence-electron chi connectivity index (χ4n) is 4.12. The van der Waals surface area contributed by atoms with Crippen molar-refractivity contribution in [1.82, 2.24) is 5.32 Å². The van der Waals surface area contributed by atoms with Gasteiger partial charge in [-0.15, -0.1) is 0 Å². The van der Waals surface area contributed by atoms with Gasteiger partial charge in [-0.2, -0.15) is 0 Å². The highest BCUT2D eigenvalue weighted by Crippen LogP contribution is 2.41. The summed E-state index contributed by atoms with van der Waals surface area (Å²) in [6, 6.07) is 12.7. The number of carbonyl (C=O) groups excluding carboxylic acids is 2. The molecule has 3 rings (SSSR count). The van der Waals surface area contributed by atoms with Gasteiger partial charge in [0, 0.05) is 12.6 Å². The summed E-state index contributed by atoms with van der Waals surface area (Å²) in [4.78, 5) is 26.0. The number of hydrogen-bond donors (Lipinski definition) is 2. The standard InChI is InChI=1S/C30H41NO8/c1-5-8-15-36-28(33)30(29(34)37-16-9-6-2)38-26-14-13-21(18-27(26)39-30)17-23(7-3)31-20-25(32)22-11-10-12-24(19-22)35-4/h10-14,18-19,23,25,31-32H,5-9,15-17,20H2,1-4H3. The van der Waals surface area contributed by atoms with Crippen molar-refractivity contribution in [3.05, 3.63) is 53.6 Å². The molecular formula is C30H41NO8. The number of hydrogen-bond acceptors (Lipinski definition) is 9. The number of methoxy groups -OCH3 is 1. The van der Waals surface area contributed by atoms with Gasteiger partial charge in [0.2, 0.25) is 0 Å². The van der Waals surface area contributed by atoms with Gasteiger partial charge in [0.1, 0.15) is 5.75 Å². The molecule has 0 saturated carbocycles. The lowest BCUT2D eigenvalue weighted by molar-refractivity contribution is -0.202. The number of benzene rings is 2. The average Bonchev–Trinajstić information content (AvgIpc) is 3.35. The Bertz CT molecular complexity index is 1070. The summed E-state index contributed by atoms with van der Waals surface area (Å²) in [5.74, 6) is -2.92. The summed E-state index contributed by atoms with van der Waals surface area (Å²) >= 11 is 0. The zero-order valence-electron chi connectivity index (χ0n) is 23.4. The fraction of sp³-hybridized carbons (Fsp3) is 0.533. The highest BCUT2D eigenvalue weighted by Gasteiger charge is 2.59. The Hall–Kier alpha value is -3.30. The molecule has 1 aliphatic rings. The molecule has 39 heavy (non-hydrogen) atoms. The lowest BCUT2D eigenvalue weighted by Crippen LogP contribution is -2.56. The summed E-state index contributed by atoms with van der Waals surface area (Å²) in [5.41, 5.74) is 1.69. The third-order valence-electron chi connectivity index (χ3n) is 6.57. The molecule has 1 heterocycles. The van der Waals surface area contributed by atoms with E-state index in [1.54, 1.807) is 19.2 Å². The zero-order chi connectivity index (χ0) is 28.3. The van der Waals surface area contributed by atoms with Crippen LogP contribution >= 0.6 is 0 Å². The molecule has 0 aromatic heterocycles. The summed E-state index contributed by atoms with van der Waals surface area (Å²) in [5, 5.41) is 14.1. The number of ether oxygens (including phenoxy) is 5. The van der Waals surface area contributed by atoms with Crippen LogP contribution in [0.25, 0.3) is 0 Å². The van der Waals surface area contributed by atoms with Crippen LogP contribution in [-0.4, -0.2) is 55.7 Å². The van der Waals surface area contributed by atoms with Gasteiger partial charge in [0.05, 0.1) is 26.4 Å². The Labute approximate surface area is 230 Å². The highest BCUT2D eigenvalue weighted by molar-refractivity contribution is 6.03. The van der Waals surface area contributed by atoms with E-state index in [9.17, 15) is 14.7 Å². The van der Waals surface area contributed by atoms with Crippen LogP contribution in [0.4, 0.5) is 0 Å². The highest BCUT2D eigenvalue weighted by atomic mass is 16.8. The van der Waals surface area contributed by atoms with Crippen LogP contribution in [0.2, 0.25) is 0 Å². The Balaban J connectivity index is 1.68. The second-order valence-electron chi connectivity index (χ2n) is 9.59. The minimum absolute atomic E-state index is 0.0633. The van der Waals surface area contributed by atoms with Crippen molar-refractivity contribution in [2.45, 2.75) is 77.2 Å². The molecule has 0 radical (unpaired) electrons. The minimum Gasteiger partial charge on any atom is -0.497 e. The first-order valence-corrected chi connectivity index (χ1v) is 13.8. The van der Waals surface area contributed by atoms with Crippen molar-refractivity contribution in [3.8, 4) is 17.2 Å². The lowest BCUT2D eigenvalue weighted by Gasteiger charge is -2.23. The molecule has 2 atom stereocenters. The molecule has 0 spiro atoms. The molecule has 2 N–H and O–H groups in total. The van der Waals surface area contributed by atoms with Gasteiger partial charge in [0.25, 0.3) is 0 Å². The quantitative estimate of drug-likeness (QED) is 0.180. The van der Waals surface area contributed by atoms with Crippen LogP contribution in [0.15, 0.2) is 42.5 Å². The molecule has 2 unspecified atom stereocenters. The van der Waals surface area contributed by atoms with E-state index in [2.05, 4.69) is 12.2 Å². The van der Waals surface area contributed by atoms with Crippen molar-refractivity contribution in [1.29, 1.82) is 0 Å². The van der Waals surface area contributed by atoms with Crippen molar-refractivity contribution >= 4 is 11.9 Å². The van der Waals surface area contributed by atoms with Crippen LogP contribution < -0.4 is 19.5 Å². The topological polar surface area (TPSA) is 113 Å². The van der Waals surface area contributed by atoms with E-state index in [0.717, 1.165) is 30.4 Å². The van der Waals surface area contributed by atoms with E-state index in [1.807, 2.05) is 44.2 Å². The van der Waals surface area contributed by atoms with Crippen LogP contribution in [-0.2, 0) is 25.5 Å². The van der Waals surface area contributed by atoms with E-state index in [1.165, 1.54) is 0 Å². The number of aliphatic hydroxyl groups excluding tert-OH is 1. The zero-order valence-corrected chi connectivity index (χ0v) is 23.4. The molecule has 2 aromatic carbocycles. The monoisotopic (exact) mass is 543 g/mol. The summed E-state index contributed by atoms with van der Waals surface area (Å²) in [7, 11) is 1.59. The van der Waals surface area contributed by atoms with Gasteiger partial charge in [-0.3, -0.25) is 0 Å². The summed E-state index contributed by atoms with van der Waals surface area (Å²) in [6.07, 6.45) is 3.72. The predicted octanol–water partition coefficient (Wildman–Crippen LogP) is 4.49. The third-order valence-corrected chi connectivity index (χ3v) is 6.57. The molecular weight excluding hydrogens is 502 g/mol. The number of unbranched alkanes of at least 4 members (excludes halogenated alkanes) is 2. The number of esters is 2. The van der Waals surface area contributed by atoms with Gasteiger partial charge < -0.3 is 34.1 Å². The van der Waals surface area contributed by atoms with E-state index < -0.39 is 23.8 Å². The van der Waals surface area contributed by atoms with Crippen molar-refractivity contribution in [2.75, 3.05) is 26.9 Å². The molecule has 0 fully saturated rings. The molecule has 0 amide bonds. The first-order valence-electron chi connectivity index (χ1n) is 13.8. The van der Waals surface area contributed by atoms with E-state index >= 15 is 0 Å². The number of fused-ring (bicyclic) bond motifs is 1. The Morgan fingerprint density at radius 3 is 2.23 bits per heavy atom. The van der Waals surface area contributed by atoms with Crippen molar-refractivity contribution in [3.63, 3.8) is 0 Å². The third kappa shape index (κ3) is 7.86. The predicted molar refractivity (Wildman–Crippen MR) is 146 cm³/mol. The summed E-state index contributed by atoms with van der Waals surface area (Å²) < 4.78 is 27.5. The number of carbonyl (C=O) groups is 2. The summed E-state index contributed by atoms with van der Waals surface area (Å²) in [6.45, 7) is 6.68. The Morgan fingerprint density at radius 2 is 1.62 bits per heavy atom. The number of nitrogens with one attached hydrogen (secondary N) is 1. The van der Waals surface area contributed by atoms with Gasteiger partial charge in [-0.1, -0.05) is 51.8 Å². The van der Waals surface area contributed by atoms with E-state index in [4.69, 9.17) is 23.7 Å². The van der Waals surface area contributed by atoms with Gasteiger partial charge in [0.15, 0.2) is 11.5 Å². The number of aliphatic hydroxyl groups is 1. The molecule has 9 heteroatoms. The first-order chi connectivity index (χ1) is 18.9. The van der Waals surface area contributed by atoms with Crippen molar-refractivity contribution < 1.29 is 38.4 Å². The largest absolute Gasteiger partial charge is 0.497 e. The van der Waals surface area contributed by atoms with Crippen LogP contribution in [0.1, 0.15) is 70.1 Å². The van der Waals surface area contributed by atoms with Crippen LogP contribution in [0, 0.1) is 0 Å². The van der Waals surface area contributed by atoms with Gasteiger partial charge in [-0.25, -0.2) is 9.59 Å². The first kappa shape index (κ1) is 30.2. The molecule has 0 aliphatic carbocycles. The SMILES string of the molecule is CCCCOC(=O)C1(C(=O)OCCCC)Oc2ccc(CC(CC)NCC(O)c3cccc(OC)c3)cc2O1. The second-order valence-corrected chi connectivity index (χ2v) is 9.59. The molecule has 0 bridgehead atoms. The Morgan fingerprint density at radius 1 is 0.949 bits per heavy atom. The van der Waals surface area contributed by atoms with E-state index in [0.29, 0.717) is 31.6 Å². The Kier molecular flexibility index (Phi) is 11.4. The maximum Gasteiger partial charge on any atom is 0.453 e. The molecule has 9 nitrogen and oxygen atoms in total.